The normalized spacial score (nSPS) is 10.8. The van der Waals surface area contributed by atoms with Gasteiger partial charge in [-0.05, 0) is 60.7 Å². The number of hydrogen-bond acceptors (Lipinski definition) is 6. The largest absolute Gasteiger partial charge is 0.497 e. The number of methoxy groups -OCH3 is 2. The third-order valence-corrected chi connectivity index (χ3v) is 6.59. The van der Waals surface area contributed by atoms with Crippen molar-refractivity contribution in [3.63, 3.8) is 0 Å². The first-order valence-electron chi connectivity index (χ1n) is 9.49. The van der Waals surface area contributed by atoms with E-state index < -0.39 is 21.9 Å². The van der Waals surface area contributed by atoms with E-state index >= 15 is 0 Å². The van der Waals surface area contributed by atoms with Crippen LogP contribution in [-0.4, -0.2) is 41.6 Å². The van der Waals surface area contributed by atoms with E-state index in [-0.39, 0.29) is 10.5 Å². The van der Waals surface area contributed by atoms with E-state index in [2.05, 4.69) is 5.32 Å². The van der Waals surface area contributed by atoms with Gasteiger partial charge in [0.25, 0.3) is 15.9 Å². The van der Waals surface area contributed by atoms with E-state index in [4.69, 9.17) is 9.47 Å². The zero-order chi connectivity index (χ0) is 23.3. The summed E-state index contributed by atoms with van der Waals surface area (Å²) in [5, 5.41) is 2.67. The molecule has 0 aliphatic rings. The molecule has 0 heterocycles. The van der Waals surface area contributed by atoms with Crippen LogP contribution in [0.2, 0.25) is 0 Å². The van der Waals surface area contributed by atoms with Crippen LogP contribution in [0, 0.1) is 0 Å². The summed E-state index contributed by atoms with van der Waals surface area (Å²) in [6.45, 7) is 0. The third kappa shape index (κ3) is 4.73. The van der Waals surface area contributed by atoms with Gasteiger partial charge in [-0.15, -0.1) is 0 Å². The maximum absolute atomic E-state index is 12.9. The molecule has 3 aromatic carbocycles. The number of hydrogen-bond donors (Lipinski definition) is 1. The zero-order valence-corrected chi connectivity index (χ0v) is 18.5. The molecule has 0 radical (unpaired) electrons. The van der Waals surface area contributed by atoms with Crippen LogP contribution in [0.1, 0.15) is 20.7 Å². The minimum absolute atomic E-state index is 0.113. The van der Waals surface area contributed by atoms with Crippen LogP contribution in [-0.2, 0) is 14.8 Å². The van der Waals surface area contributed by atoms with Gasteiger partial charge in [-0.1, -0.05) is 12.1 Å². The van der Waals surface area contributed by atoms with Gasteiger partial charge in [0.1, 0.15) is 5.75 Å². The van der Waals surface area contributed by atoms with Crippen molar-refractivity contribution in [1.29, 1.82) is 0 Å². The highest BCUT2D eigenvalue weighted by Gasteiger charge is 2.22. The molecule has 8 nitrogen and oxygen atoms in total. The number of para-hydroxylation sites is 1. The number of sulfonamides is 1. The zero-order valence-electron chi connectivity index (χ0n) is 17.7. The summed E-state index contributed by atoms with van der Waals surface area (Å²) in [6.07, 6.45) is 0. The average molecular weight is 455 g/mol. The van der Waals surface area contributed by atoms with Crippen molar-refractivity contribution < 1.29 is 27.5 Å². The van der Waals surface area contributed by atoms with Gasteiger partial charge in [0.2, 0.25) is 0 Å². The van der Waals surface area contributed by atoms with Crippen LogP contribution in [0.25, 0.3) is 0 Å². The van der Waals surface area contributed by atoms with E-state index in [0.717, 1.165) is 4.31 Å². The number of rotatable bonds is 7. The smallest absolute Gasteiger partial charge is 0.339 e. The predicted octanol–water partition coefficient (Wildman–Crippen LogP) is 3.56. The number of benzene rings is 3. The maximum atomic E-state index is 12.9. The first kappa shape index (κ1) is 22.8. The van der Waals surface area contributed by atoms with Crippen LogP contribution in [0.4, 0.5) is 11.4 Å². The molecule has 0 aromatic heterocycles. The van der Waals surface area contributed by atoms with E-state index in [9.17, 15) is 18.0 Å². The van der Waals surface area contributed by atoms with Crippen LogP contribution in [0.15, 0.2) is 77.7 Å². The summed E-state index contributed by atoms with van der Waals surface area (Å²) in [7, 11) is 0.402. The molecule has 32 heavy (non-hydrogen) atoms. The Kier molecular flexibility index (Phi) is 6.79. The molecule has 0 saturated carbocycles. The van der Waals surface area contributed by atoms with Gasteiger partial charge in [0.15, 0.2) is 0 Å². The average Bonchev–Trinajstić information content (AvgIpc) is 2.83. The Morgan fingerprint density at radius 1 is 0.875 bits per heavy atom. The lowest BCUT2D eigenvalue weighted by Gasteiger charge is -2.20. The molecule has 0 atom stereocenters. The fraction of sp³-hybridized carbons (Fsp3) is 0.130. The Morgan fingerprint density at radius 3 is 2.09 bits per heavy atom. The molecule has 9 heteroatoms. The lowest BCUT2D eigenvalue weighted by molar-refractivity contribution is 0.0602. The predicted molar refractivity (Wildman–Crippen MR) is 121 cm³/mol. The Labute approximate surface area is 186 Å². The van der Waals surface area contributed by atoms with Gasteiger partial charge in [-0.3, -0.25) is 9.10 Å². The van der Waals surface area contributed by atoms with Crippen molar-refractivity contribution in [1.82, 2.24) is 0 Å². The number of carbonyl (C=O) groups excluding carboxylic acids is 2. The molecule has 0 aliphatic heterocycles. The minimum atomic E-state index is -3.79. The highest BCUT2D eigenvalue weighted by Crippen LogP contribution is 2.24. The Hall–Kier alpha value is -3.85. The fourth-order valence-corrected chi connectivity index (χ4v) is 4.14. The number of amides is 1. The Balaban J connectivity index is 1.78. The van der Waals surface area contributed by atoms with Crippen molar-refractivity contribution in [2.24, 2.45) is 0 Å². The highest BCUT2D eigenvalue weighted by molar-refractivity contribution is 7.92. The molecule has 1 N–H and O–H groups in total. The number of nitrogens with one attached hydrogen (secondary N) is 1. The van der Waals surface area contributed by atoms with Crippen LogP contribution in [0.3, 0.4) is 0 Å². The second kappa shape index (κ2) is 9.52. The van der Waals surface area contributed by atoms with Crippen molar-refractivity contribution >= 4 is 33.3 Å². The molecule has 0 unspecified atom stereocenters. The van der Waals surface area contributed by atoms with E-state index in [0.29, 0.717) is 22.7 Å². The van der Waals surface area contributed by atoms with Crippen molar-refractivity contribution in [3.8, 4) is 5.75 Å². The van der Waals surface area contributed by atoms with Gasteiger partial charge < -0.3 is 14.8 Å². The summed E-state index contributed by atoms with van der Waals surface area (Å²) in [5.41, 5.74) is 1.22. The van der Waals surface area contributed by atoms with Crippen molar-refractivity contribution in [2.75, 3.05) is 30.9 Å². The van der Waals surface area contributed by atoms with E-state index in [1.54, 1.807) is 36.4 Å². The Bertz CT molecular complexity index is 1220. The quantitative estimate of drug-likeness (QED) is 0.548. The van der Waals surface area contributed by atoms with Crippen LogP contribution in [0.5, 0.6) is 5.75 Å². The molecule has 3 rings (SSSR count). The van der Waals surface area contributed by atoms with Crippen molar-refractivity contribution in [3.05, 3.63) is 83.9 Å². The molecule has 3 aromatic rings. The first-order chi connectivity index (χ1) is 15.3. The number of nitrogens with zero attached hydrogens (tertiary/aromatic N) is 1. The molecule has 0 fully saturated rings. The summed E-state index contributed by atoms with van der Waals surface area (Å²) in [6, 6.07) is 18.6. The summed E-state index contributed by atoms with van der Waals surface area (Å²) in [4.78, 5) is 24.6. The van der Waals surface area contributed by atoms with Crippen LogP contribution >= 0.6 is 0 Å². The summed E-state index contributed by atoms with van der Waals surface area (Å²) < 4.78 is 36.7. The molecular weight excluding hydrogens is 432 g/mol. The SMILES string of the molecule is COC(=O)c1ccccc1NC(=O)c1ccc(N(C)S(=O)(=O)c2ccc(OC)cc2)cc1. The van der Waals surface area contributed by atoms with Crippen molar-refractivity contribution in [2.45, 2.75) is 4.90 Å². The number of anilines is 2. The van der Waals surface area contributed by atoms with E-state index in [1.807, 2.05) is 0 Å². The monoisotopic (exact) mass is 454 g/mol. The number of ether oxygens (including phenoxy) is 2. The number of carbonyl (C=O) groups is 2. The summed E-state index contributed by atoms with van der Waals surface area (Å²) in [5.74, 6) is -0.467. The second-order valence-corrected chi connectivity index (χ2v) is 8.66. The van der Waals surface area contributed by atoms with Gasteiger partial charge in [-0.25, -0.2) is 13.2 Å². The minimum Gasteiger partial charge on any atom is -0.497 e. The summed E-state index contributed by atoms with van der Waals surface area (Å²) >= 11 is 0. The lowest BCUT2D eigenvalue weighted by Crippen LogP contribution is -2.26. The molecule has 0 aliphatic carbocycles. The Morgan fingerprint density at radius 2 is 1.50 bits per heavy atom. The molecular formula is C23H22N2O6S. The second-order valence-electron chi connectivity index (χ2n) is 6.69. The van der Waals surface area contributed by atoms with Gasteiger partial charge in [0.05, 0.1) is 36.1 Å². The molecule has 0 bridgehead atoms. The lowest BCUT2D eigenvalue weighted by atomic mass is 10.1. The van der Waals surface area contributed by atoms with Gasteiger partial charge in [-0.2, -0.15) is 0 Å². The number of esters is 1. The fourth-order valence-electron chi connectivity index (χ4n) is 2.94. The maximum Gasteiger partial charge on any atom is 0.339 e. The van der Waals surface area contributed by atoms with Gasteiger partial charge >= 0.3 is 5.97 Å². The standard InChI is InChI=1S/C23H22N2O6S/c1-25(32(28,29)19-14-12-18(30-2)13-15-19)17-10-8-16(9-11-17)22(26)24-21-7-5-4-6-20(21)23(27)31-3/h4-15H,1-3H3,(H,24,26). The molecule has 0 saturated heterocycles. The molecule has 0 spiro atoms. The van der Waals surface area contributed by atoms with Gasteiger partial charge in [0, 0.05) is 12.6 Å². The topological polar surface area (TPSA) is 102 Å². The third-order valence-electron chi connectivity index (χ3n) is 4.79. The molecule has 1 amide bonds. The molecule has 166 valence electrons. The van der Waals surface area contributed by atoms with Crippen LogP contribution < -0.4 is 14.4 Å². The highest BCUT2D eigenvalue weighted by atomic mass is 32.2. The van der Waals surface area contributed by atoms with E-state index in [1.165, 1.54) is 57.7 Å². The first-order valence-corrected chi connectivity index (χ1v) is 10.9.